The molecule has 8 heteroatoms. The molecule has 2 nitrogen and oxygen atoms in total. The van der Waals surface area contributed by atoms with Gasteiger partial charge in [0.05, 0.1) is 10.0 Å². The summed E-state index contributed by atoms with van der Waals surface area (Å²) in [6, 6.07) is 9.93. The fourth-order valence-corrected chi connectivity index (χ4v) is 4.79. The Morgan fingerprint density at radius 3 is 1.45 bits per heavy atom. The molecule has 0 aromatic heterocycles. The zero-order chi connectivity index (χ0) is 16.3. The number of carbonyl (C=O) groups excluding carboxylic acids is 2. The summed E-state index contributed by atoms with van der Waals surface area (Å²) in [4.78, 5) is 24.2. The van der Waals surface area contributed by atoms with Gasteiger partial charge in [0.25, 0.3) is 0 Å². The van der Waals surface area contributed by atoms with E-state index in [4.69, 9.17) is 23.2 Å². The summed E-state index contributed by atoms with van der Waals surface area (Å²) in [5.41, 5.74) is 0.717. The third kappa shape index (κ3) is 4.76. The lowest BCUT2D eigenvalue weighted by Gasteiger charge is -2.04. The van der Waals surface area contributed by atoms with Gasteiger partial charge in [0.2, 0.25) is 10.2 Å². The predicted octanol–water partition coefficient (Wildman–Crippen LogP) is 6.88. The lowest BCUT2D eigenvalue weighted by Crippen LogP contribution is -1.97. The van der Waals surface area contributed by atoms with Gasteiger partial charge in [-0.3, -0.25) is 9.59 Å². The summed E-state index contributed by atoms with van der Waals surface area (Å²) in [7, 11) is 1.65. The Bertz CT molecular complexity index is 690. The number of hydrogen-bond acceptors (Lipinski definition) is 4. The average molecular weight is 501 g/mol. The van der Waals surface area contributed by atoms with E-state index in [1.165, 1.54) is 0 Å². The molecule has 0 saturated heterocycles. The van der Waals surface area contributed by atoms with Crippen molar-refractivity contribution in [2.45, 2.75) is 0 Å². The summed E-state index contributed by atoms with van der Waals surface area (Å²) in [5, 5.41) is 0.0939. The molecule has 0 bridgehead atoms. The van der Waals surface area contributed by atoms with Gasteiger partial charge in [-0.1, -0.05) is 55.1 Å². The maximum absolute atomic E-state index is 12.1. The molecule has 0 spiro atoms. The van der Waals surface area contributed by atoms with Crippen LogP contribution in [0, 0.1) is 0 Å². The van der Waals surface area contributed by atoms with Gasteiger partial charge in [0, 0.05) is 20.1 Å². The molecule has 0 N–H and O–H groups in total. The van der Waals surface area contributed by atoms with Crippen molar-refractivity contribution in [2.75, 3.05) is 0 Å². The first kappa shape index (κ1) is 18.4. The molecule has 0 aliphatic heterocycles. The van der Waals surface area contributed by atoms with Crippen molar-refractivity contribution in [3.05, 3.63) is 66.5 Å². The third-order valence-corrected chi connectivity index (χ3v) is 6.09. The minimum absolute atomic E-state index is 0.288. The fourth-order valence-electron chi connectivity index (χ4n) is 1.48. The average Bonchev–Trinajstić information content (AvgIpc) is 2.44. The van der Waals surface area contributed by atoms with Crippen LogP contribution in [0.4, 0.5) is 0 Å². The van der Waals surface area contributed by atoms with E-state index in [0.29, 0.717) is 21.2 Å². The van der Waals surface area contributed by atoms with Crippen LogP contribution in [-0.2, 0) is 0 Å². The van der Waals surface area contributed by atoms with Crippen LogP contribution in [0.3, 0.4) is 0 Å². The van der Waals surface area contributed by atoms with Crippen molar-refractivity contribution < 1.29 is 9.59 Å². The SMILES string of the molecule is O=C(SSC(=O)c1ccc(Br)cc1Cl)c1ccc(Br)cc1Cl. The Morgan fingerprint density at radius 1 is 0.773 bits per heavy atom. The highest BCUT2D eigenvalue weighted by Gasteiger charge is 2.17. The lowest BCUT2D eigenvalue weighted by atomic mass is 10.2. The molecule has 0 aliphatic rings. The zero-order valence-electron chi connectivity index (χ0n) is 10.6. The molecule has 0 atom stereocenters. The smallest absolute Gasteiger partial charge is 0.231 e. The summed E-state index contributed by atoms with van der Waals surface area (Å²) in [6.07, 6.45) is 0. The fraction of sp³-hybridized carbons (Fsp3) is 0. The van der Waals surface area contributed by atoms with Crippen molar-refractivity contribution in [1.29, 1.82) is 0 Å². The molecule has 114 valence electrons. The topological polar surface area (TPSA) is 34.1 Å². The van der Waals surface area contributed by atoms with Gasteiger partial charge in [-0.25, -0.2) is 0 Å². The van der Waals surface area contributed by atoms with Gasteiger partial charge in [0.1, 0.15) is 0 Å². The van der Waals surface area contributed by atoms with E-state index in [1.54, 1.807) is 36.4 Å². The highest BCUT2D eigenvalue weighted by Crippen LogP contribution is 2.34. The second kappa shape index (κ2) is 8.22. The van der Waals surface area contributed by atoms with Crippen molar-refractivity contribution in [3.8, 4) is 0 Å². The van der Waals surface area contributed by atoms with Gasteiger partial charge in [-0.15, -0.1) is 0 Å². The van der Waals surface area contributed by atoms with Crippen molar-refractivity contribution >= 4 is 86.9 Å². The molecule has 0 radical (unpaired) electrons. The Hall–Kier alpha value is 0.0200. The van der Waals surface area contributed by atoms with Gasteiger partial charge >= 0.3 is 0 Å². The first-order chi connectivity index (χ1) is 10.4. The molecule has 0 amide bonds. The molecule has 2 aromatic carbocycles. The molecule has 2 rings (SSSR count). The number of benzene rings is 2. The molecular formula is C14H6Br2Cl2O2S2. The summed E-state index contributed by atoms with van der Waals surface area (Å²) in [6.45, 7) is 0. The van der Waals surface area contributed by atoms with Crippen molar-refractivity contribution in [3.63, 3.8) is 0 Å². The molecule has 0 aliphatic carbocycles. The molecule has 0 heterocycles. The second-order valence-corrected chi connectivity index (χ2v) is 8.71. The minimum Gasteiger partial charge on any atom is -0.281 e. The highest BCUT2D eigenvalue weighted by atomic mass is 79.9. The van der Waals surface area contributed by atoms with Crippen LogP contribution in [0.25, 0.3) is 0 Å². The number of rotatable bonds is 2. The van der Waals surface area contributed by atoms with E-state index in [0.717, 1.165) is 30.5 Å². The van der Waals surface area contributed by atoms with Crippen LogP contribution >= 0.6 is 76.6 Å². The second-order valence-electron chi connectivity index (χ2n) is 3.99. The maximum atomic E-state index is 12.1. The van der Waals surface area contributed by atoms with Crippen LogP contribution in [-0.4, -0.2) is 10.2 Å². The van der Waals surface area contributed by atoms with E-state index in [1.807, 2.05) is 0 Å². The van der Waals surface area contributed by atoms with E-state index < -0.39 is 0 Å². The highest BCUT2D eigenvalue weighted by molar-refractivity contribution is 9.10. The van der Waals surface area contributed by atoms with E-state index in [-0.39, 0.29) is 10.2 Å². The molecule has 0 fully saturated rings. The van der Waals surface area contributed by atoms with Crippen LogP contribution in [0.1, 0.15) is 20.7 Å². The molecule has 0 saturated carbocycles. The minimum atomic E-state index is -0.288. The zero-order valence-corrected chi connectivity index (χ0v) is 16.9. The van der Waals surface area contributed by atoms with Crippen LogP contribution < -0.4 is 0 Å². The maximum Gasteiger partial charge on any atom is 0.231 e. The summed E-state index contributed by atoms with van der Waals surface area (Å²) < 4.78 is 1.56. The first-order valence-electron chi connectivity index (χ1n) is 5.72. The number of hydrogen-bond donors (Lipinski definition) is 0. The van der Waals surface area contributed by atoms with Crippen molar-refractivity contribution in [1.82, 2.24) is 0 Å². The van der Waals surface area contributed by atoms with Crippen molar-refractivity contribution in [2.24, 2.45) is 0 Å². The Morgan fingerprint density at radius 2 is 1.14 bits per heavy atom. The lowest BCUT2D eigenvalue weighted by molar-refractivity contribution is 0.107. The van der Waals surface area contributed by atoms with Gasteiger partial charge in [-0.2, -0.15) is 0 Å². The Kier molecular flexibility index (Phi) is 6.86. The molecule has 22 heavy (non-hydrogen) atoms. The standard InChI is InChI=1S/C14H6Br2Cl2O2S2/c15-7-1-3-9(11(17)5-7)13(19)21-22-14(20)10-4-2-8(16)6-12(10)18/h1-6H. The third-order valence-electron chi connectivity index (χ3n) is 2.50. The summed E-state index contributed by atoms with van der Waals surface area (Å²) in [5.74, 6) is 0. The largest absolute Gasteiger partial charge is 0.281 e. The number of halogens is 4. The first-order valence-corrected chi connectivity index (χ1v) is 10.2. The molecule has 2 aromatic rings. The molecule has 0 unspecified atom stereocenters. The molecular weight excluding hydrogens is 495 g/mol. The normalized spacial score (nSPS) is 10.5. The van der Waals surface area contributed by atoms with Crippen LogP contribution in [0.15, 0.2) is 45.3 Å². The predicted molar refractivity (Wildman–Crippen MR) is 102 cm³/mol. The van der Waals surface area contributed by atoms with Gasteiger partial charge in [0.15, 0.2) is 0 Å². The quantitative estimate of drug-likeness (QED) is 0.421. The van der Waals surface area contributed by atoms with E-state index in [9.17, 15) is 9.59 Å². The van der Waals surface area contributed by atoms with Crippen LogP contribution in [0.2, 0.25) is 10.0 Å². The number of carbonyl (C=O) groups is 2. The summed E-state index contributed by atoms with van der Waals surface area (Å²) >= 11 is 18.6. The Balaban J connectivity index is 2.06. The monoisotopic (exact) mass is 498 g/mol. The van der Waals surface area contributed by atoms with Gasteiger partial charge < -0.3 is 0 Å². The van der Waals surface area contributed by atoms with E-state index in [2.05, 4.69) is 31.9 Å². The Labute approximate surface area is 162 Å². The van der Waals surface area contributed by atoms with Gasteiger partial charge in [-0.05, 0) is 58.0 Å². The van der Waals surface area contributed by atoms with Crippen LogP contribution in [0.5, 0.6) is 0 Å². The van der Waals surface area contributed by atoms with E-state index >= 15 is 0 Å².